The summed E-state index contributed by atoms with van der Waals surface area (Å²) >= 11 is 0. The van der Waals surface area contributed by atoms with Crippen LogP contribution in [0.5, 0.6) is 0 Å². The summed E-state index contributed by atoms with van der Waals surface area (Å²) in [7, 11) is 0. The van der Waals surface area contributed by atoms with Gasteiger partial charge in [-0.1, -0.05) is 0 Å². The summed E-state index contributed by atoms with van der Waals surface area (Å²) in [5, 5.41) is 16.4. The van der Waals surface area contributed by atoms with Gasteiger partial charge >= 0.3 is 6.18 Å². The van der Waals surface area contributed by atoms with Gasteiger partial charge in [-0.05, 0) is 25.1 Å². The monoisotopic (exact) mass is 303 g/mol. The summed E-state index contributed by atoms with van der Waals surface area (Å²) in [5.41, 5.74) is -2.39. The zero-order valence-corrected chi connectivity index (χ0v) is 10.7. The van der Waals surface area contributed by atoms with E-state index in [1.54, 1.807) is 0 Å². The number of nitrogens with zero attached hydrogens (tertiary/aromatic N) is 1. The fraction of sp³-hybridized carbons (Fsp3) is 0.417. The molecule has 1 amide bonds. The molecule has 2 rings (SSSR count). The van der Waals surface area contributed by atoms with Crippen LogP contribution in [0.25, 0.3) is 0 Å². The van der Waals surface area contributed by atoms with Gasteiger partial charge in [0.2, 0.25) is 0 Å². The van der Waals surface area contributed by atoms with Crippen molar-refractivity contribution in [3.05, 3.63) is 39.4 Å². The molecule has 1 atom stereocenters. The van der Waals surface area contributed by atoms with Gasteiger partial charge in [0.1, 0.15) is 5.56 Å². The third kappa shape index (κ3) is 3.48. The van der Waals surface area contributed by atoms with Crippen LogP contribution in [0.2, 0.25) is 0 Å². The summed E-state index contributed by atoms with van der Waals surface area (Å²) in [6.07, 6.45) is -4.03. The van der Waals surface area contributed by atoms with Gasteiger partial charge in [-0.25, -0.2) is 0 Å². The molecule has 1 aromatic rings. The second kappa shape index (κ2) is 5.68. The number of hydrogen-bond acceptors (Lipinski definition) is 4. The summed E-state index contributed by atoms with van der Waals surface area (Å²) in [5.74, 6) is -0.746. The van der Waals surface area contributed by atoms with Crippen molar-refractivity contribution in [1.82, 2.24) is 10.6 Å². The number of nitro groups is 1. The predicted octanol–water partition coefficient (Wildman–Crippen LogP) is 1.71. The van der Waals surface area contributed by atoms with Gasteiger partial charge in [-0.2, -0.15) is 13.2 Å². The largest absolute Gasteiger partial charge is 0.416 e. The number of nitrogens with one attached hydrogen (secondary N) is 2. The Balaban J connectivity index is 2.29. The van der Waals surface area contributed by atoms with Gasteiger partial charge in [0.05, 0.1) is 10.5 Å². The number of benzene rings is 1. The Bertz CT molecular complexity index is 569. The van der Waals surface area contributed by atoms with Gasteiger partial charge < -0.3 is 10.6 Å². The first kappa shape index (κ1) is 15.2. The number of carbonyl (C=O) groups is 1. The second-order valence-corrected chi connectivity index (χ2v) is 4.65. The smallest absolute Gasteiger partial charge is 0.348 e. The molecule has 114 valence electrons. The molecule has 1 fully saturated rings. The molecule has 1 aliphatic heterocycles. The van der Waals surface area contributed by atoms with Gasteiger partial charge in [0.25, 0.3) is 11.6 Å². The number of hydrogen-bond donors (Lipinski definition) is 2. The van der Waals surface area contributed by atoms with Gasteiger partial charge in [-0.15, -0.1) is 0 Å². The van der Waals surface area contributed by atoms with Gasteiger partial charge in [-0.3, -0.25) is 14.9 Å². The van der Waals surface area contributed by atoms with Crippen molar-refractivity contribution in [2.24, 2.45) is 0 Å². The molecule has 0 radical (unpaired) electrons. The average molecular weight is 303 g/mol. The van der Waals surface area contributed by atoms with Crippen LogP contribution in [-0.2, 0) is 6.18 Å². The minimum absolute atomic E-state index is 0.181. The SMILES string of the molecule is O=C(NC1CCNC1)c1ccc(C(F)(F)F)cc1[N+](=O)[O-]. The lowest BCUT2D eigenvalue weighted by Gasteiger charge is -2.12. The number of nitro benzene ring substituents is 1. The lowest BCUT2D eigenvalue weighted by molar-refractivity contribution is -0.385. The Hall–Kier alpha value is -2.16. The number of halogens is 3. The Morgan fingerprint density at radius 3 is 2.67 bits per heavy atom. The van der Waals surface area contributed by atoms with Crippen LogP contribution in [0.15, 0.2) is 18.2 Å². The Morgan fingerprint density at radius 1 is 1.43 bits per heavy atom. The molecule has 0 aromatic heterocycles. The van der Waals surface area contributed by atoms with Crippen LogP contribution in [-0.4, -0.2) is 30.0 Å². The molecule has 0 bridgehead atoms. The highest BCUT2D eigenvalue weighted by atomic mass is 19.4. The van der Waals surface area contributed by atoms with Crippen molar-refractivity contribution in [2.45, 2.75) is 18.6 Å². The van der Waals surface area contributed by atoms with Crippen LogP contribution in [0.1, 0.15) is 22.3 Å². The molecule has 0 spiro atoms. The quantitative estimate of drug-likeness (QED) is 0.657. The summed E-state index contributed by atoms with van der Waals surface area (Å²) < 4.78 is 37.7. The molecular formula is C12H12F3N3O3. The molecule has 6 nitrogen and oxygen atoms in total. The molecular weight excluding hydrogens is 291 g/mol. The molecule has 2 N–H and O–H groups in total. The number of rotatable bonds is 3. The van der Waals surface area contributed by atoms with Crippen LogP contribution in [0.3, 0.4) is 0 Å². The summed E-state index contributed by atoms with van der Waals surface area (Å²) in [6.45, 7) is 1.24. The van der Waals surface area contributed by atoms with Crippen molar-refractivity contribution < 1.29 is 22.9 Å². The van der Waals surface area contributed by atoms with Crippen LogP contribution in [0.4, 0.5) is 18.9 Å². The third-order valence-corrected chi connectivity index (χ3v) is 3.16. The Labute approximate surface area is 117 Å². The molecule has 21 heavy (non-hydrogen) atoms. The molecule has 1 aliphatic rings. The first-order chi connectivity index (χ1) is 9.79. The predicted molar refractivity (Wildman–Crippen MR) is 66.8 cm³/mol. The zero-order valence-electron chi connectivity index (χ0n) is 10.7. The summed E-state index contributed by atoms with van der Waals surface area (Å²) in [6, 6.07) is 1.69. The first-order valence-corrected chi connectivity index (χ1v) is 6.16. The lowest BCUT2D eigenvalue weighted by Crippen LogP contribution is -2.36. The number of carbonyl (C=O) groups excluding carboxylic acids is 1. The van der Waals surface area contributed by atoms with E-state index in [9.17, 15) is 28.1 Å². The number of alkyl halides is 3. The Kier molecular flexibility index (Phi) is 4.12. The molecule has 1 unspecified atom stereocenters. The standard InChI is InChI=1S/C12H12F3N3O3/c13-12(14,15)7-1-2-9(10(5-7)18(20)21)11(19)17-8-3-4-16-6-8/h1-2,5,8,16H,3-4,6H2,(H,17,19). The zero-order chi connectivity index (χ0) is 15.6. The normalized spacial score (nSPS) is 18.5. The van der Waals surface area contributed by atoms with E-state index in [0.29, 0.717) is 31.6 Å². The maximum Gasteiger partial charge on any atom is 0.416 e. The highest BCUT2D eigenvalue weighted by molar-refractivity contribution is 5.98. The first-order valence-electron chi connectivity index (χ1n) is 6.16. The fourth-order valence-corrected chi connectivity index (χ4v) is 2.09. The highest BCUT2D eigenvalue weighted by Crippen LogP contribution is 2.33. The Morgan fingerprint density at radius 2 is 2.14 bits per heavy atom. The van der Waals surface area contributed by atoms with Crippen molar-refractivity contribution in [1.29, 1.82) is 0 Å². The van der Waals surface area contributed by atoms with Crippen molar-refractivity contribution in [3.63, 3.8) is 0 Å². The van der Waals surface area contributed by atoms with E-state index < -0.39 is 28.3 Å². The molecule has 0 saturated carbocycles. The molecule has 0 aliphatic carbocycles. The maximum atomic E-state index is 12.6. The van der Waals surface area contributed by atoms with Crippen LogP contribution in [0, 0.1) is 10.1 Å². The molecule has 1 heterocycles. The van der Waals surface area contributed by atoms with E-state index >= 15 is 0 Å². The average Bonchev–Trinajstić information content (AvgIpc) is 2.89. The van der Waals surface area contributed by atoms with Crippen LogP contribution < -0.4 is 10.6 Å². The van der Waals surface area contributed by atoms with Crippen molar-refractivity contribution >= 4 is 11.6 Å². The number of amides is 1. The van der Waals surface area contributed by atoms with Crippen molar-refractivity contribution in [2.75, 3.05) is 13.1 Å². The second-order valence-electron chi connectivity index (χ2n) is 4.65. The third-order valence-electron chi connectivity index (χ3n) is 3.16. The molecule has 9 heteroatoms. The maximum absolute atomic E-state index is 12.6. The van der Waals surface area contributed by atoms with Crippen LogP contribution >= 0.6 is 0 Å². The van der Waals surface area contributed by atoms with E-state index in [2.05, 4.69) is 10.6 Å². The molecule has 1 saturated heterocycles. The van der Waals surface area contributed by atoms with Gasteiger partial charge in [0, 0.05) is 18.7 Å². The van der Waals surface area contributed by atoms with E-state index in [1.807, 2.05) is 0 Å². The topological polar surface area (TPSA) is 84.3 Å². The van der Waals surface area contributed by atoms with Crippen molar-refractivity contribution in [3.8, 4) is 0 Å². The highest BCUT2D eigenvalue weighted by Gasteiger charge is 2.34. The van der Waals surface area contributed by atoms with E-state index in [-0.39, 0.29) is 11.6 Å². The van der Waals surface area contributed by atoms with E-state index in [4.69, 9.17) is 0 Å². The van der Waals surface area contributed by atoms with E-state index in [0.717, 1.165) is 6.07 Å². The molecule has 1 aromatic carbocycles. The minimum atomic E-state index is -4.70. The fourth-order valence-electron chi connectivity index (χ4n) is 2.09. The summed E-state index contributed by atoms with van der Waals surface area (Å²) in [4.78, 5) is 21.9. The van der Waals surface area contributed by atoms with E-state index in [1.165, 1.54) is 0 Å². The van der Waals surface area contributed by atoms with Gasteiger partial charge in [0.15, 0.2) is 0 Å². The minimum Gasteiger partial charge on any atom is -0.348 e. The lowest BCUT2D eigenvalue weighted by atomic mass is 10.1.